The summed E-state index contributed by atoms with van der Waals surface area (Å²) in [5, 5.41) is 9.05. The number of ether oxygens (including phenoxy) is 2. The van der Waals surface area contributed by atoms with Crippen molar-refractivity contribution < 1.29 is 29.0 Å². The Hall–Kier alpha value is -1.67. The van der Waals surface area contributed by atoms with Crippen LogP contribution in [0.1, 0.15) is 12.8 Å². The van der Waals surface area contributed by atoms with Crippen LogP contribution in [0, 0.1) is 5.92 Å². The lowest BCUT2D eigenvalue weighted by molar-refractivity contribution is -0.159. The molecular weight excluding hydrogens is 292 g/mol. The summed E-state index contributed by atoms with van der Waals surface area (Å²) in [5.74, 6) is -1.93. The highest BCUT2D eigenvalue weighted by molar-refractivity contribution is 5.87. The van der Waals surface area contributed by atoms with Crippen LogP contribution in [0.5, 0.6) is 0 Å². The minimum Gasteiger partial charge on any atom is -0.481 e. The number of carbonyl (C=O) groups excluding carboxylic acids is 2. The van der Waals surface area contributed by atoms with Gasteiger partial charge in [0.1, 0.15) is 0 Å². The van der Waals surface area contributed by atoms with Gasteiger partial charge in [-0.05, 0) is 12.8 Å². The van der Waals surface area contributed by atoms with Crippen molar-refractivity contribution in [3.05, 3.63) is 0 Å². The summed E-state index contributed by atoms with van der Waals surface area (Å²) in [4.78, 5) is 38.2. The van der Waals surface area contributed by atoms with Crippen LogP contribution in [0.4, 0.5) is 0 Å². The van der Waals surface area contributed by atoms with E-state index in [2.05, 4.69) is 0 Å². The number of likely N-dealkylation sites (N-methyl/N-ethyl adjacent to an activating group) is 1. The maximum Gasteiger partial charge on any atom is 0.308 e. The fourth-order valence-corrected chi connectivity index (χ4v) is 2.66. The minimum atomic E-state index is -0.880. The van der Waals surface area contributed by atoms with Crippen molar-refractivity contribution in [2.24, 2.45) is 5.92 Å². The smallest absolute Gasteiger partial charge is 0.308 e. The second-order valence-corrected chi connectivity index (χ2v) is 5.65. The number of carboxylic acid groups (broad SMARTS) is 1. The molecule has 2 aliphatic rings. The summed E-state index contributed by atoms with van der Waals surface area (Å²) in [6.45, 7) is 1.70. The van der Waals surface area contributed by atoms with Crippen molar-refractivity contribution in [1.29, 1.82) is 0 Å². The lowest BCUT2D eigenvalue weighted by Gasteiger charge is -2.33. The zero-order valence-corrected chi connectivity index (χ0v) is 12.7. The van der Waals surface area contributed by atoms with Gasteiger partial charge in [-0.2, -0.15) is 0 Å². The second-order valence-electron chi connectivity index (χ2n) is 5.65. The minimum absolute atomic E-state index is 0.0783. The molecule has 2 rings (SSSR count). The number of hydrogen-bond donors (Lipinski definition) is 1. The van der Waals surface area contributed by atoms with Gasteiger partial charge < -0.3 is 24.4 Å². The summed E-state index contributed by atoms with van der Waals surface area (Å²) in [6, 6.07) is 0. The molecule has 0 saturated carbocycles. The van der Waals surface area contributed by atoms with Gasteiger partial charge in [0, 0.05) is 20.1 Å². The normalized spacial score (nSPS) is 25.6. The van der Waals surface area contributed by atoms with Gasteiger partial charge in [-0.15, -0.1) is 0 Å². The van der Waals surface area contributed by atoms with Crippen LogP contribution in [-0.4, -0.2) is 85.3 Å². The van der Waals surface area contributed by atoms with Gasteiger partial charge >= 0.3 is 5.97 Å². The molecule has 2 saturated heterocycles. The molecule has 124 valence electrons. The van der Waals surface area contributed by atoms with E-state index in [0.29, 0.717) is 32.6 Å². The van der Waals surface area contributed by atoms with Crippen molar-refractivity contribution in [2.45, 2.75) is 18.9 Å². The van der Waals surface area contributed by atoms with Crippen LogP contribution in [0.2, 0.25) is 0 Å². The van der Waals surface area contributed by atoms with Gasteiger partial charge in [0.2, 0.25) is 5.91 Å². The third kappa shape index (κ3) is 4.17. The molecule has 0 aromatic carbocycles. The Morgan fingerprint density at radius 3 is 2.73 bits per heavy atom. The van der Waals surface area contributed by atoms with E-state index in [1.165, 1.54) is 16.8 Å². The van der Waals surface area contributed by atoms with Crippen molar-refractivity contribution in [2.75, 3.05) is 46.5 Å². The van der Waals surface area contributed by atoms with Crippen molar-refractivity contribution in [1.82, 2.24) is 9.80 Å². The molecule has 2 heterocycles. The molecule has 0 radical (unpaired) electrons. The number of carboxylic acids is 1. The molecule has 22 heavy (non-hydrogen) atoms. The quantitative estimate of drug-likeness (QED) is 0.728. The fraction of sp³-hybridized carbons (Fsp3) is 0.786. The van der Waals surface area contributed by atoms with Crippen molar-refractivity contribution >= 4 is 17.8 Å². The summed E-state index contributed by atoms with van der Waals surface area (Å²) in [7, 11) is 1.54. The van der Waals surface area contributed by atoms with Crippen LogP contribution >= 0.6 is 0 Å². The maximum atomic E-state index is 12.2. The van der Waals surface area contributed by atoms with E-state index in [4.69, 9.17) is 14.6 Å². The molecule has 8 nitrogen and oxygen atoms in total. The van der Waals surface area contributed by atoms with Gasteiger partial charge in [0.25, 0.3) is 5.91 Å². The van der Waals surface area contributed by atoms with Crippen LogP contribution in [-0.2, 0) is 23.9 Å². The number of likely N-dealkylation sites (tertiary alicyclic amines) is 1. The van der Waals surface area contributed by atoms with E-state index in [0.717, 1.165) is 0 Å². The van der Waals surface area contributed by atoms with E-state index in [9.17, 15) is 14.4 Å². The Morgan fingerprint density at radius 2 is 2.09 bits per heavy atom. The van der Waals surface area contributed by atoms with Crippen LogP contribution < -0.4 is 0 Å². The highest BCUT2D eigenvalue weighted by Gasteiger charge is 2.31. The second kappa shape index (κ2) is 7.55. The molecule has 2 aliphatic heterocycles. The molecule has 2 atom stereocenters. The Labute approximate surface area is 128 Å². The average Bonchev–Trinajstić information content (AvgIpc) is 2.54. The molecule has 8 heteroatoms. The Balaban J connectivity index is 1.84. The van der Waals surface area contributed by atoms with E-state index < -0.39 is 18.0 Å². The monoisotopic (exact) mass is 314 g/mol. The maximum absolute atomic E-state index is 12.2. The highest BCUT2D eigenvalue weighted by Crippen LogP contribution is 2.17. The van der Waals surface area contributed by atoms with Gasteiger partial charge in [0.15, 0.2) is 6.10 Å². The molecular formula is C14H22N2O6. The summed E-state index contributed by atoms with van der Waals surface area (Å²) in [6.07, 6.45) is 0.584. The predicted octanol–water partition coefficient (Wildman–Crippen LogP) is -0.817. The number of carbonyl (C=O) groups is 3. The van der Waals surface area contributed by atoms with Crippen LogP contribution in [0.25, 0.3) is 0 Å². The number of aliphatic carboxylic acids is 1. The van der Waals surface area contributed by atoms with Gasteiger partial charge in [0.05, 0.1) is 32.3 Å². The Morgan fingerprint density at radius 1 is 1.32 bits per heavy atom. The van der Waals surface area contributed by atoms with Crippen LogP contribution in [0.3, 0.4) is 0 Å². The van der Waals surface area contributed by atoms with E-state index in [1.54, 1.807) is 0 Å². The molecule has 0 aromatic heterocycles. The predicted molar refractivity (Wildman–Crippen MR) is 75.1 cm³/mol. The zero-order chi connectivity index (χ0) is 16.1. The van der Waals surface area contributed by atoms with Gasteiger partial charge in [-0.1, -0.05) is 0 Å². The van der Waals surface area contributed by atoms with E-state index in [-0.39, 0.29) is 31.5 Å². The number of nitrogens with zero attached hydrogens (tertiary/aromatic N) is 2. The first-order valence-corrected chi connectivity index (χ1v) is 7.44. The molecule has 0 aromatic rings. The summed E-state index contributed by atoms with van der Waals surface area (Å²) < 4.78 is 10.5. The first-order valence-electron chi connectivity index (χ1n) is 7.44. The number of hydrogen-bond acceptors (Lipinski definition) is 5. The first-order chi connectivity index (χ1) is 10.5. The largest absolute Gasteiger partial charge is 0.481 e. The van der Waals surface area contributed by atoms with Gasteiger partial charge in [-0.3, -0.25) is 14.4 Å². The lowest BCUT2D eigenvalue weighted by atomic mass is 9.98. The fourth-order valence-electron chi connectivity index (χ4n) is 2.66. The van der Waals surface area contributed by atoms with Crippen LogP contribution in [0.15, 0.2) is 0 Å². The van der Waals surface area contributed by atoms with Crippen molar-refractivity contribution in [3.8, 4) is 0 Å². The molecule has 0 aliphatic carbocycles. The van der Waals surface area contributed by atoms with Gasteiger partial charge in [-0.25, -0.2) is 0 Å². The summed E-state index contributed by atoms with van der Waals surface area (Å²) in [5.41, 5.74) is 0. The molecule has 2 amide bonds. The SMILES string of the molecule is CN(CC(=O)N1CCCC(C(=O)O)C1)C(=O)C1COCCO1. The standard InChI is InChI=1S/C14H22N2O6/c1-15(13(18)11-9-21-5-6-22-11)8-12(17)16-4-2-3-10(7-16)14(19)20/h10-11H,2-9H2,1H3,(H,19,20). The molecule has 2 fully saturated rings. The van der Waals surface area contributed by atoms with E-state index in [1.807, 2.05) is 0 Å². The molecule has 0 bridgehead atoms. The van der Waals surface area contributed by atoms with Crippen molar-refractivity contribution in [3.63, 3.8) is 0 Å². The van der Waals surface area contributed by atoms with E-state index >= 15 is 0 Å². The highest BCUT2D eigenvalue weighted by atomic mass is 16.6. The molecule has 1 N–H and O–H groups in total. The number of rotatable bonds is 4. The summed E-state index contributed by atoms with van der Waals surface area (Å²) >= 11 is 0. The lowest BCUT2D eigenvalue weighted by Crippen LogP contribution is -2.50. The zero-order valence-electron chi connectivity index (χ0n) is 12.7. The Kier molecular flexibility index (Phi) is 5.73. The molecule has 2 unspecified atom stereocenters. The average molecular weight is 314 g/mol. The topological polar surface area (TPSA) is 96.4 Å². The number of piperidine rings is 1. The number of amides is 2. The Bertz CT molecular complexity index is 435. The third-order valence-electron chi connectivity index (χ3n) is 3.96. The first kappa shape index (κ1) is 16.7. The third-order valence-corrected chi connectivity index (χ3v) is 3.96. The molecule has 0 spiro atoms.